The van der Waals surface area contributed by atoms with Crippen LogP contribution in [0.2, 0.25) is 0 Å². The smallest absolute Gasteiger partial charge is 0.226 e. The molecule has 7 heteroatoms. The van der Waals surface area contributed by atoms with Crippen LogP contribution >= 0.6 is 0 Å². The summed E-state index contributed by atoms with van der Waals surface area (Å²) in [6.45, 7) is 5.32. The Labute approximate surface area is 141 Å². The SMILES string of the molecule is CCC1CCc2c(-c3cnc(N)nc3)nc(N3CCOCC3)nc21. The lowest BCUT2D eigenvalue weighted by atomic mass is 10.0. The highest BCUT2D eigenvalue weighted by Crippen LogP contribution is 2.39. The van der Waals surface area contributed by atoms with Gasteiger partial charge >= 0.3 is 0 Å². The maximum atomic E-state index is 5.63. The molecule has 2 aromatic rings. The Bertz CT molecular complexity index is 727. The van der Waals surface area contributed by atoms with E-state index in [1.165, 1.54) is 11.3 Å². The molecule has 0 saturated carbocycles. The molecule has 7 nitrogen and oxygen atoms in total. The highest BCUT2D eigenvalue weighted by molar-refractivity contribution is 5.65. The molecule has 2 N–H and O–H groups in total. The summed E-state index contributed by atoms with van der Waals surface area (Å²) in [7, 11) is 0. The number of nitrogens with two attached hydrogens (primary N) is 1. The predicted octanol–water partition coefficient (Wildman–Crippen LogP) is 1.79. The number of nitrogen functional groups attached to an aromatic ring is 1. The van der Waals surface area contributed by atoms with Gasteiger partial charge in [-0.3, -0.25) is 0 Å². The van der Waals surface area contributed by atoms with Gasteiger partial charge in [0, 0.05) is 42.5 Å². The molecule has 2 aromatic heterocycles. The van der Waals surface area contributed by atoms with Gasteiger partial charge in [0.15, 0.2) is 0 Å². The van der Waals surface area contributed by atoms with E-state index in [-0.39, 0.29) is 5.95 Å². The Morgan fingerprint density at radius 3 is 2.67 bits per heavy atom. The van der Waals surface area contributed by atoms with E-state index >= 15 is 0 Å². The van der Waals surface area contributed by atoms with E-state index < -0.39 is 0 Å². The van der Waals surface area contributed by atoms with E-state index in [4.69, 9.17) is 20.4 Å². The monoisotopic (exact) mass is 326 g/mol. The Morgan fingerprint density at radius 2 is 1.96 bits per heavy atom. The van der Waals surface area contributed by atoms with E-state index in [0.717, 1.165) is 62.8 Å². The Balaban J connectivity index is 1.82. The van der Waals surface area contributed by atoms with Crippen molar-refractivity contribution in [1.29, 1.82) is 0 Å². The molecule has 24 heavy (non-hydrogen) atoms. The van der Waals surface area contributed by atoms with Crippen LogP contribution in [0.1, 0.15) is 36.9 Å². The molecule has 0 spiro atoms. The highest BCUT2D eigenvalue weighted by Gasteiger charge is 2.29. The molecule has 126 valence electrons. The predicted molar refractivity (Wildman–Crippen MR) is 91.9 cm³/mol. The number of morpholine rings is 1. The third kappa shape index (κ3) is 2.69. The van der Waals surface area contributed by atoms with Crippen molar-refractivity contribution in [1.82, 2.24) is 19.9 Å². The summed E-state index contributed by atoms with van der Waals surface area (Å²) in [5, 5.41) is 0. The van der Waals surface area contributed by atoms with Crippen molar-refractivity contribution in [2.45, 2.75) is 32.1 Å². The molecule has 1 fully saturated rings. The van der Waals surface area contributed by atoms with Crippen molar-refractivity contribution < 1.29 is 4.74 Å². The first-order valence-corrected chi connectivity index (χ1v) is 8.57. The molecule has 1 aliphatic heterocycles. The fraction of sp³-hybridized carbons (Fsp3) is 0.529. The van der Waals surface area contributed by atoms with Crippen LogP contribution in [-0.4, -0.2) is 46.2 Å². The summed E-state index contributed by atoms with van der Waals surface area (Å²) < 4.78 is 5.45. The van der Waals surface area contributed by atoms with Crippen molar-refractivity contribution in [3.8, 4) is 11.3 Å². The van der Waals surface area contributed by atoms with Crippen LogP contribution in [0.3, 0.4) is 0 Å². The second kappa shape index (κ2) is 6.32. The molecule has 0 bridgehead atoms. The Morgan fingerprint density at radius 1 is 1.21 bits per heavy atom. The fourth-order valence-electron chi connectivity index (χ4n) is 3.53. The maximum Gasteiger partial charge on any atom is 0.226 e. The van der Waals surface area contributed by atoms with Crippen molar-refractivity contribution in [3.05, 3.63) is 23.7 Å². The standard InChI is InChI=1S/C17H22N6O/c1-2-11-3-4-13-14(11)21-17(23-5-7-24-8-6-23)22-15(13)12-9-19-16(18)20-10-12/h9-11H,2-8H2,1H3,(H2,18,19,20). The summed E-state index contributed by atoms with van der Waals surface area (Å²) in [6.07, 6.45) is 6.76. The number of aromatic nitrogens is 4. The van der Waals surface area contributed by atoms with Crippen molar-refractivity contribution in [2.24, 2.45) is 0 Å². The van der Waals surface area contributed by atoms with Crippen LogP contribution < -0.4 is 10.6 Å². The minimum absolute atomic E-state index is 0.282. The van der Waals surface area contributed by atoms with Crippen LogP contribution in [0, 0.1) is 0 Å². The summed E-state index contributed by atoms with van der Waals surface area (Å²) in [5.41, 5.74) is 9.94. The quantitative estimate of drug-likeness (QED) is 0.919. The van der Waals surface area contributed by atoms with E-state index in [9.17, 15) is 0 Å². The van der Waals surface area contributed by atoms with Crippen molar-refractivity contribution >= 4 is 11.9 Å². The number of rotatable bonds is 3. The normalized spacial score (nSPS) is 20.2. The van der Waals surface area contributed by atoms with E-state index in [0.29, 0.717) is 5.92 Å². The second-order valence-electron chi connectivity index (χ2n) is 6.31. The topological polar surface area (TPSA) is 90.0 Å². The molecule has 0 amide bonds. The maximum absolute atomic E-state index is 5.63. The zero-order chi connectivity index (χ0) is 16.5. The average Bonchev–Trinajstić information content (AvgIpc) is 3.05. The average molecular weight is 326 g/mol. The lowest BCUT2D eigenvalue weighted by Crippen LogP contribution is -2.37. The third-order valence-electron chi connectivity index (χ3n) is 4.89. The number of fused-ring (bicyclic) bond motifs is 1. The van der Waals surface area contributed by atoms with Gasteiger partial charge in [-0.1, -0.05) is 6.92 Å². The Kier molecular flexibility index (Phi) is 4.02. The summed E-state index contributed by atoms with van der Waals surface area (Å²) in [5.74, 6) is 1.59. The van der Waals surface area contributed by atoms with Gasteiger partial charge in [0.2, 0.25) is 11.9 Å². The number of hydrogen-bond acceptors (Lipinski definition) is 7. The van der Waals surface area contributed by atoms with Crippen molar-refractivity contribution in [2.75, 3.05) is 36.9 Å². The third-order valence-corrected chi connectivity index (χ3v) is 4.89. The first kappa shape index (κ1) is 15.3. The molecule has 1 aliphatic carbocycles. The number of hydrogen-bond donors (Lipinski definition) is 1. The van der Waals surface area contributed by atoms with E-state index in [1.54, 1.807) is 12.4 Å². The van der Waals surface area contributed by atoms with Gasteiger partial charge in [-0.2, -0.15) is 0 Å². The molecule has 0 aromatic carbocycles. The first-order valence-electron chi connectivity index (χ1n) is 8.57. The summed E-state index contributed by atoms with van der Waals surface area (Å²) >= 11 is 0. The van der Waals surface area contributed by atoms with Crippen molar-refractivity contribution in [3.63, 3.8) is 0 Å². The molecule has 1 atom stereocenters. The molecule has 4 rings (SSSR count). The van der Waals surface area contributed by atoms with Gasteiger partial charge in [0.05, 0.1) is 24.6 Å². The van der Waals surface area contributed by atoms with Gasteiger partial charge < -0.3 is 15.4 Å². The van der Waals surface area contributed by atoms with E-state index in [2.05, 4.69) is 21.8 Å². The van der Waals surface area contributed by atoms with Crippen LogP contribution in [0.4, 0.5) is 11.9 Å². The summed E-state index contributed by atoms with van der Waals surface area (Å²) in [6, 6.07) is 0. The van der Waals surface area contributed by atoms with Crippen LogP contribution in [-0.2, 0) is 11.2 Å². The fourth-order valence-corrected chi connectivity index (χ4v) is 3.53. The van der Waals surface area contributed by atoms with Crippen LogP contribution in [0.5, 0.6) is 0 Å². The van der Waals surface area contributed by atoms with Gasteiger partial charge in [-0.15, -0.1) is 0 Å². The molecule has 1 unspecified atom stereocenters. The van der Waals surface area contributed by atoms with Crippen LogP contribution in [0.15, 0.2) is 12.4 Å². The molecule has 1 saturated heterocycles. The lowest BCUT2D eigenvalue weighted by molar-refractivity contribution is 0.122. The van der Waals surface area contributed by atoms with Gasteiger partial charge in [-0.05, 0) is 19.3 Å². The largest absolute Gasteiger partial charge is 0.378 e. The van der Waals surface area contributed by atoms with Crippen LogP contribution in [0.25, 0.3) is 11.3 Å². The van der Waals surface area contributed by atoms with Gasteiger partial charge in [-0.25, -0.2) is 19.9 Å². The highest BCUT2D eigenvalue weighted by atomic mass is 16.5. The number of nitrogens with zero attached hydrogens (tertiary/aromatic N) is 5. The summed E-state index contributed by atoms with van der Waals surface area (Å²) in [4.78, 5) is 20.3. The number of ether oxygens (including phenoxy) is 1. The second-order valence-corrected chi connectivity index (χ2v) is 6.31. The molecule has 3 heterocycles. The van der Waals surface area contributed by atoms with E-state index in [1.807, 2.05) is 0 Å². The molecular weight excluding hydrogens is 304 g/mol. The number of anilines is 2. The Hall–Kier alpha value is -2.28. The zero-order valence-electron chi connectivity index (χ0n) is 13.9. The van der Waals surface area contributed by atoms with Gasteiger partial charge in [0.1, 0.15) is 0 Å². The lowest BCUT2D eigenvalue weighted by Gasteiger charge is -2.28. The first-order chi connectivity index (χ1) is 11.8. The minimum atomic E-state index is 0.282. The van der Waals surface area contributed by atoms with Gasteiger partial charge in [0.25, 0.3) is 0 Å². The zero-order valence-corrected chi connectivity index (χ0v) is 13.9. The molecule has 2 aliphatic rings. The molecular formula is C17H22N6O. The molecule has 0 radical (unpaired) electrons. The minimum Gasteiger partial charge on any atom is -0.378 e.